The molecule has 3 rings (SSSR count). The number of aromatic nitrogens is 1. The Morgan fingerprint density at radius 3 is 2.91 bits per heavy atom. The second kappa shape index (κ2) is 6.42. The first-order valence-electron chi connectivity index (χ1n) is 7.39. The number of nitrogens with one attached hydrogen (secondary N) is 2. The van der Waals surface area contributed by atoms with Crippen LogP contribution in [0.25, 0.3) is 10.9 Å². The van der Waals surface area contributed by atoms with Crippen LogP contribution in [0.4, 0.5) is 0 Å². The number of halogens is 1. The quantitative estimate of drug-likeness (QED) is 0.619. The van der Waals surface area contributed by atoms with E-state index in [1.54, 1.807) is 12.1 Å². The molecule has 0 saturated carbocycles. The zero-order valence-electron chi connectivity index (χ0n) is 12.5. The molecule has 0 atom stereocenters. The predicted octanol–water partition coefficient (Wildman–Crippen LogP) is 4.17. The number of aryl methyl sites for hydroxylation is 1. The highest BCUT2D eigenvalue weighted by Crippen LogP contribution is 2.26. The molecule has 0 radical (unpaired) electrons. The first-order chi connectivity index (χ1) is 10.6. The van der Waals surface area contributed by atoms with Crippen LogP contribution in [0, 0.1) is 6.92 Å². The molecule has 0 bridgehead atoms. The minimum Gasteiger partial charge on any atom is -0.506 e. The minimum absolute atomic E-state index is 0.132. The fourth-order valence-electron chi connectivity index (χ4n) is 2.66. The van der Waals surface area contributed by atoms with Crippen LogP contribution in [0.2, 0.25) is 5.02 Å². The molecule has 0 aliphatic heterocycles. The Hall–Kier alpha value is -1.97. The summed E-state index contributed by atoms with van der Waals surface area (Å²) in [5.74, 6) is 0.132. The molecular formula is C18H19ClN2O. The number of fused-ring (bicyclic) bond motifs is 1. The van der Waals surface area contributed by atoms with Gasteiger partial charge in [-0.25, -0.2) is 0 Å². The molecule has 0 saturated heterocycles. The van der Waals surface area contributed by atoms with Gasteiger partial charge in [0.15, 0.2) is 0 Å². The lowest BCUT2D eigenvalue weighted by Crippen LogP contribution is -2.16. The minimum atomic E-state index is 0.132. The normalized spacial score (nSPS) is 11.2. The first-order valence-corrected chi connectivity index (χ1v) is 7.76. The maximum absolute atomic E-state index is 9.58. The van der Waals surface area contributed by atoms with E-state index < -0.39 is 0 Å². The van der Waals surface area contributed by atoms with Gasteiger partial charge < -0.3 is 15.4 Å². The number of benzene rings is 2. The summed E-state index contributed by atoms with van der Waals surface area (Å²) < 4.78 is 0. The Bertz CT molecular complexity index is 795. The fourth-order valence-corrected chi connectivity index (χ4v) is 2.85. The van der Waals surface area contributed by atoms with Gasteiger partial charge in [0.05, 0.1) is 5.02 Å². The number of aromatic amines is 1. The highest BCUT2D eigenvalue weighted by molar-refractivity contribution is 6.32. The summed E-state index contributed by atoms with van der Waals surface area (Å²) in [5.41, 5.74) is 4.67. The van der Waals surface area contributed by atoms with Gasteiger partial charge in [-0.15, -0.1) is 0 Å². The van der Waals surface area contributed by atoms with E-state index in [9.17, 15) is 5.11 Å². The second-order valence-electron chi connectivity index (χ2n) is 5.54. The lowest BCUT2D eigenvalue weighted by molar-refractivity contribution is 0.474. The number of phenolic OH excluding ortho intramolecular Hbond substituents is 1. The molecule has 0 amide bonds. The van der Waals surface area contributed by atoms with Crippen molar-refractivity contribution in [3.8, 4) is 5.75 Å². The van der Waals surface area contributed by atoms with Crippen LogP contribution in [-0.4, -0.2) is 16.6 Å². The van der Waals surface area contributed by atoms with Crippen molar-refractivity contribution in [3.63, 3.8) is 0 Å². The highest BCUT2D eigenvalue weighted by atomic mass is 35.5. The van der Waals surface area contributed by atoms with E-state index >= 15 is 0 Å². The summed E-state index contributed by atoms with van der Waals surface area (Å²) in [7, 11) is 0. The van der Waals surface area contributed by atoms with Crippen molar-refractivity contribution < 1.29 is 5.11 Å². The van der Waals surface area contributed by atoms with Crippen LogP contribution in [0.3, 0.4) is 0 Å². The monoisotopic (exact) mass is 314 g/mol. The maximum atomic E-state index is 9.58. The van der Waals surface area contributed by atoms with E-state index in [2.05, 4.69) is 41.6 Å². The smallest absolute Gasteiger partial charge is 0.134 e. The van der Waals surface area contributed by atoms with Crippen molar-refractivity contribution in [1.29, 1.82) is 0 Å². The standard InChI is InChI=1S/C18H19ClN2O/c1-12-5-6-15-13(11-21-16(15)9-12)7-8-20-10-14-3-2-4-17(22)18(14)19/h2-6,9,11,20-22H,7-8,10H2,1H3. The molecule has 0 unspecified atom stereocenters. The molecule has 3 aromatic rings. The van der Waals surface area contributed by atoms with E-state index in [0.29, 0.717) is 11.6 Å². The van der Waals surface area contributed by atoms with Gasteiger partial charge in [-0.1, -0.05) is 35.9 Å². The summed E-state index contributed by atoms with van der Waals surface area (Å²) in [5, 5.41) is 14.7. The first kappa shape index (κ1) is 14.9. The molecule has 114 valence electrons. The van der Waals surface area contributed by atoms with Crippen molar-refractivity contribution in [2.45, 2.75) is 19.9 Å². The average molecular weight is 315 g/mol. The van der Waals surface area contributed by atoms with Gasteiger partial charge in [0.1, 0.15) is 5.75 Å². The molecule has 22 heavy (non-hydrogen) atoms. The number of rotatable bonds is 5. The van der Waals surface area contributed by atoms with E-state index in [1.807, 2.05) is 6.07 Å². The summed E-state index contributed by atoms with van der Waals surface area (Å²) in [6, 6.07) is 11.8. The van der Waals surface area contributed by atoms with E-state index in [0.717, 1.165) is 18.5 Å². The number of hydrogen-bond donors (Lipinski definition) is 3. The maximum Gasteiger partial charge on any atom is 0.134 e. The SMILES string of the molecule is Cc1ccc2c(CCNCc3cccc(O)c3Cl)c[nH]c2c1. The molecule has 0 aliphatic rings. The van der Waals surface area contributed by atoms with Crippen LogP contribution in [0.15, 0.2) is 42.6 Å². The third-order valence-corrected chi connectivity index (χ3v) is 4.30. The summed E-state index contributed by atoms with van der Waals surface area (Å²) >= 11 is 6.07. The molecule has 4 heteroatoms. The van der Waals surface area contributed by atoms with Gasteiger partial charge in [0, 0.05) is 23.6 Å². The van der Waals surface area contributed by atoms with E-state index in [1.165, 1.54) is 22.0 Å². The molecule has 3 N–H and O–H groups in total. The van der Waals surface area contributed by atoms with Crippen LogP contribution in [-0.2, 0) is 13.0 Å². The van der Waals surface area contributed by atoms with Crippen LogP contribution in [0.1, 0.15) is 16.7 Å². The number of H-pyrrole nitrogens is 1. The predicted molar refractivity (Wildman–Crippen MR) is 91.6 cm³/mol. The molecular weight excluding hydrogens is 296 g/mol. The van der Waals surface area contributed by atoms with Crippen LogP contribution >= 0.6 is 11.6 Å². The topological polar surface area (TPSA) is 48.0 Å². The molecule has 3 nitrogen and oxygen atoms in total. The summed E-state index contributed by atoms with van der Waals surface area (Å²) in [6.07, 6.45) is 3.02. The third-order valence-electron chi connectivity index (χ3n) is 3.87. The lowest BCUT2D eigenvalue weighted by Gasteiger charge is -2.07. The second-order valence-corrected chi connectivity index (χ2v) is 5.92. The van der Waals surface area contributed by atoms with Crippen molar-refractivity contribution in [2.75, 3.05) is 6.54 Å². The van der Waals surface area contributed by atoms with Gasteiger partial charge in [-0.3, -0.25) is 0 Å². The number of aromatic hydroxyl groups is 1. The van der Waals surface area contributed by atoms with Gasteiger partial charge in [0.2, 0.25) is 0 Å². The van der Waals surface area contributed by atoms with Gasteiger partial charge in [-0.05, 0) is 48.7 Å². The van der Waals surface area contributed by atoms with Crippen molar-refractivity contribution in [2.24, 2.45) is 0 Å². The Morgan fingerprint density at radius 2 is 2.05 bits per heavy atom. The summed E-state index contributed by atoms with van der Waals surface area (Å²) in [4.78, 5) is 3.32. The zero-order valence-corrected chi connectivity index (χ0v) is 13.2. The molecule has 1 heterocycles. The van der Waals surface area contributed by atoms with Gasteiger partial charge >= 0.3 is 0 Å². The van der Waals surface area contributed by atoms with E-state index in [4.69, 9.17) is 11.6 Å². The Morgan fingerprint density at radius 1 is 1.18 bits per heavy atom. The van der Waals surface area contributed by atoms with Gasteiger partial charge in [0.25, 0.3) is 0 Å². The molecule has 0 aliphatic carbocycles. The Kier molecular flexibility index (Phi) is 4.36. The van der Waals surface area contributed by atoms with Crippen molar-refractivity contribution in [1.82, 2.24) is 10.3 Å². The molecule has 0 spiro atoms. The van der Waals surface area contributed by atoms with Crippen molar-refractivity contribution >= 4 is 22.5 Å². The molecule has 1 aromatic heterocycles. The number of hydrogen-bond acceptors (Lipinski definition) is 2. The Labute approximate surface area is 134 Å². The lowest BCUT2D eigenvalue weighted by atomic mass is 10.1. The molecule has 2 aromatic carbocycles. The fraction of sp³-hybridized carbons (Fsp3) is 0.222. The van der Waals surface area contributed by atoms with Crippen LogP contribution < -0.4 is 5.32 Å². The van der Waals surface area contributed by atoms with Gasteiger partial charge in [-0.2, -0.15) is 0 Å². The average Bonchev–Trinajstić information content (AvgIpc) is 2.90. The van der Waals surface area contributed by atoms with Crippen LogP contribution in [0.5, 0.6) is 5.75 Å². The summed E-state index contributed by atoms with van der Waals surface area (Å²) in [6.45, 7) is 3.60. The largest absolute Gasteiger partial charge is 0.506 e. The zero-order chi connectivity index (χ0) is 15.5. The van der Waals surface area contributed by atoms with Crippen molar-refractivity contribution in [3.05, 3.63) is 64.3 Å². The highest BCUT2D eigenvalue weighted by Gasteiger charge is 2.06. The molecule has 0 fully saturated rings. The van der Waals surface area contributed by atoms with E-state index in [-0.39, 0.29) is 5.75 Å². The third kappa shape index (κ3) is 3.11. The number of phenols is 1. The Balaban J connectivity index is 1.59.